The number of rotatable bonds is 2. The summed E-state index contributed by atoms with van der Waals surface area (Å²) in [5.41, 5.74) is 1.18. The minimum absolute atomic E-state index is 0.286. The zero-order valence-electron chi connectivity index (χ0n) is 9.87. The second-order valence-corrected chi connectivity index (χ2v) is 6.38. The van der Waals surface area contributed by atoms with Gasteiger partial charge in [-0.1, -0.05) is 6.42 Å². The molecule has 0 bridgehead atoms. The molecular formula is C12H14N2O3S. The van der Waals surface area contributed by atoms with Crippen molar-refractivity contribution in [1.82, 2.24) is 9.29 Å². The fourth-order valence-corrected chi connectivity index (χ4v) is 3.78. The predicted molar refractivity (Wildman–Crippen MR) is 66.6 cm³/mol. The molecule has 96 valence electrons. The van der Waals surface area contributed by atoms with E-state index in [0.29, 0.717) is 24.2 Å². The average Bonchev–Trinajstić information content (AvgIpc) is 2.87. The minimum Gasteiger partial charge on any atom is -0.443 e. The largest absolute Gasteiger partial charge is 0.443 e. The van der Waals surface area contributed by atoms with Crippen molar-refractivity contribution in [2.24, 2.45) is 0 Å². The van der Waals surface area contributed by atoms with Crippen LogP contribution in [0, 0.1) is 0 Å². The minimum atomic E-state index is -3.39. The fourth-order valence-electron chi connectivity index (χ4n) is 2.25. The van der Waals surface area contributed by atoms with Crippen LogP contribution in [-0.4, -0.2) is 30.8 Å². The third kappa shape index (κ3) is 1.91. The van der Waals surface area contributed by atoms with Crippen molar-refractivity contribution in [2.45, 2.75) is 24.2 Å². The lowest BCUT2D eigenvalue weighted by Crippen LogP contribution is -2.35. The van der Waals surface area contributed by atoms with Crippen molar-refractivity contribution in [3.05, 3.63) is 24.6 Å². The summed E-state index contributed by atoms with van der Waals surface area (Å²) in [6.07, 6.45) is 4.29. The number of aromatic nitrogens is 1. The molecule has 1 fully saturated rings. The topological polar surface area (TPSA) is 63.4 Å². The molecule has 1 saturated heterocycles. The number of hydrogen-bond acceptors (Lipinski definition) is 4. The van der Waals surface area contributed by atoms with Gasteiger partial charge in [-0.2, -0.15) is 4.31 Å². The highest BCUT2D eigenvalue weighted by atomic mass is 32.2. The maximum atomic E-state index is 12.4. The Hall–Kier alpha value is -1.40. The van der Waals surface area contributed by atoms with Gasteiger partial charge in [0.1, 0.15) is 5.52 Å². The molecular weight excluding hydrogens is 252 g/mol. The van der Waals surface area contributed by atoms with E-state index in [2.05, 4.69) is 4.98 Å². The molecule has 5 nitrogen and oxygen atoms in total. The first-order valence-electron chi connectivity index (χ1n) is 6.01. The first-order chi connectivity index (χ1) is 8.68. The first-order valence-corrected chi connectivity index (χ1v) is 7.45. The Morgan fingerprint density at radius 2 is 1.94 bits per heavy atom. The van der Waals surface area contributed by atoms with Crippen LogP contribution >= 0.6 is 0 Å². The van der Waals surface area contributed by atoms with Crippen LogP contribution in [0.3, 0.4) is 0 Å². The number of benzene rings is 1. The SMILES string of the molecule is O=S(=O)(c1ccc2ncoc2c1)N1CCCCC1. The molecule has 0 amide bonds. The monoisotopic (exact) mass is 266 g/mol. The predicted octanol–water partition coefficient (Wildman–Crippen LogP) is 2.00. The lowest BCUT2D eigenvalue weighted by atomic mass is 10.2. The smallest absolute Gasteiger partial charge is 0.243 e. The Morgan fingerprint density at radius 3 is 2.72 bits per heavy atom. The van der Waals surface area contributed by atoms with Gasteiger partial charge in [0.25, 0.3) is 0 Å². The lowest BCUT2D eigenvalue weighted by molar-refractivity contribution is 0.346. The van der Waals surface area contributed by atoms with Crippen LogP contribution in [0.25, 0.3) is 11.1 Å². The number of piperidine rings is 1. The average molecular weight is 266 g/mol. The number of sulfonamides is 1. The quantitative estimate of drug-likeness (QED) is 0.834. The Kier molecular flexibility index (Phi) is 2.83. The van der Waals surface area contributed by atoms with Gasteiger partial charge in [0.05, 0.1) is 4.90 Å². The number of nitrogens with zero attached hydrogens (tertiary/aromatic N) is 2. The lowest BCUT2D eigenvalue weighted by Gasteiger charge is -2.25. The number of hydrogen-bond donors (Lipinski definition) is 0. The molecule has 0 atom stereocenters. The van der Waals surface area contributed by atoms with Crippen LogP contribution in [0.1, 0.15) is 19.3 Å². The summed E-state index contributed by atoms with van der Waals surface area (Å²) in [4.78, 5) is 4.27. The summed E-state index contributed by atoms with van der Waals surface area (Å²) in [6, 6.07) is 4.82. The van der Waals surface area contributed by atoms with Crippen molar-refractivity contribution in [3.63, 3.8) is 0 Å². The molecule has 2 heterocycles. The van der Waals surface area contributed by atoms with E-state index in [0.717, 1.165) is 19.3 Å². The third-order valence-corrected chi connectivity index (χ3v) is 5.15. The molecule has 0 radical (unpaired) electrons. The van der Waals surface area contributed by atoms with Crippen LogP contribution in [0.4, 0.5) is 0 Å². The van der Waals surface area contributed by atoms with Crippen LogP contribution in [0.2, 0.25) is 0 Å². The molecule has 1 aliphatic rings. The molecule has 0 spiro atoms. The Morgan fingerprint density at radius 1 is 1.17 bits per heavy atom. The van der Waals surface area contributed by atoms with Crippen molar-refractivity contribution in [1.29, 1.82) is 0 Å². The van der Waals surface area contributed by atoms with E-state index in [1.807, 2.05) is 0 Å². The van der Waals surface area contributed by atoms with Crippen molar-refractivity contribution >= 4 is 21.1 Å². The van der Waals surface area contributed by atoms with Crippen LogP contribution < -0.4 is 0 Å². The van der Waals surface area contributed by atoms with E-state index in [4.69, 9.17) is 4.42 Å². The van der Waals surface area contributed by atoms with Crippen LogP contribution in [0.15, 0.2) is 33.9 Å². The number of oxazole rings is 1. The van der Waals surface area contributed by atoms with Gasteiger partial charge in [0, 0.05) is 19.2 Å². The van der Waals surface area contributed by atoms with E-state index in [1.165, 1.54) is 6.39 Å². The maximum absolute atomic E-state index is 12.4. The summed E-state index contributed by atoms with van der Waals surface area (Å²) >= 11 is 0. The summed E-state index contributed by atoms with van der Waals surface area (Å²) < 4.78 is 31.5. The van der Waals surface area contributed by atoms with Crippen molar-refractivity contribution < 1.29 is 12.8 Å². The van der Waals surface area contributed by atoms with Crippen molar-refractivity contribution in [2.75, 3.05) is 13.1 Å². The molecule has 3 rings (SSSR count). The number of fused-ring (bicyclic) bond motifs is 1. The van der Waals surface area contributed by atoms with Crippen LogP contribution in [-0.2, 0) is 10.0 Å². The highest BCUT2D eigenvalue weighted by Gasteiger charge is 2.26. The summed E-state index contributed by atoms with van der Waals surface area (Å²) in [6.45, 7) is 1.22. The Balaban J connectivity index is 2.01. The van der Waals surface area contributed by atoms with E-state index in [1.54, 1.807) is 22.5 Å². The molecule has 2 aromatic rings. The van der Waals surface area contributed by atoms with Gasteiger partial charge in [0.2, 0.25) is 10.0 Å². The van der Waals surface area contributed by atoms with E-state index in [-0.39, 0.29) is 4.90 Å². The molecule has 0 aliphatic carbocycles. The standard InChI is InChI=1S/C12H14N2O3S/c15-18(16,14-6-2-1-3-7-14)10-4-5-11-12(8-10)17-9-13-11/h4-5,8-9H,1-3,6-7H2. The van der Waals surface area contributed by atoms with Gasteiger partial charge in [-0.05, 0) is 25.0 Å². The zero-order valence-corrected chi connectivity index (χ0v) is 10.7. The Labute approximate surface area is 105 Å². The second kappa shape index (κ2) is 4.37. The van der Waals surface area contributed by atoms with Gasteiger partial charge < -0.3 is 4.42 Å². The molecule has 6 heteroatoms. The summed E-state index contributed by atoms with van der Waals surface area (Å²) in [7, 11) is -3.39. The summed E-state index contributed by atoms with van der Waals surface area (Å²) in [5, 5.41) is 0. The highest BCUT2D eigenvalue weighted by molar-refractivity contribution is 7.89. The van der Waals surface area contributed by atoms with Gasteiger partial charge in [-0.25, -0.2) is 13.4 Å². The molecule has 0 N–H and O–H groups in total. The Bertz CT molecular complexity index is 657. The molecule has 1 aromatic carbocycles. The van der Waals surface area contributed by atoms with Gasteiger partial charge in [0.15, 0.2) is 12.0 Å². The van der Waals surface area contributed by atoms with E-state index < -0.39 is 10.0 Å². The van der Waals surface area contributed by atoms with E-state index in [9.17, 15) is 8.42 Å². The molecule has 1 aromatic heterocycles. The summed E-state index contributed by atoms with van der Waals surface area (Å²) in [5.74, 6) is 0. The van der Waals surface area contributed by atoms with Gasteiger partial charge in [-0.3, -0.25) is 0 Å². The molecule has 0 unspecified atom stereocenters. The first kappa shape index (κ1) is 11.7. The van der Waals surface area contributed by atoms with Gasteiger partial charge >= 0.3 is 0 Å². The molecule has 1 aliphatic heterocycles. The molecule has 18 heavy (non-hydrogen) atoms. The van der Waals surface area contributed by atoms with Crippen molar-refractivity contribution in [3.8, 4) is 0 Å². The third-order valence-electron chi connectivity index (χ3n) is 3.26. The fraction of sp³-hybridized carbons (Fsp3) is 0.417. The van der Waals surface area contributed by atoms with Gasteiger partial charge in [-0.15, -0.1) is 0 Å². The second-order valence-electron chi connectivity index (χ2n) is 4.45. The highest BCUT2D eigenvalue weighted by Crippen LogP contribution is 2.23. The molecule has 0 saturated carbocycles. The normalized spacial score (nSPS) is 18.2. The zero-order chi connectivity index (χ0) is 12.6. The van der Waals surface area contributed by atoms with E-state index >= 15 is 0 Å². The van der Waals surface area contributed by atoms with Crippen LogP contribution in [0.5, 0.6) is 0 Å². The maximum Gasteiger partial charge on any atom is 0.243 e.